The number of carbonyl (C=O) groups excluding carboxylic acids is 1. The average Bonchev–Trinajstić information content (AvgIpc) is 2.95. The second kappa shape index (κ2) is 6.40. The summed E-state index contributed by atoms with van der Waals surface area (Å²) in [6.45, 7) is 1.93. The molecule has 0 aliphatic carbocycles. The Kier molecular flexibility index (Phi) is 4.34. The number of aryl methyl sites for hydroxylation is 1. The van der Waals surface area contributed by atoms with Gasteiger partial charge in [0.25, 0.3) is 0 Å². The minimum absolute atomic E-state index is 0.000949. The highest BCUT2D eigenvalue weighted by Crippen LogP contribution is 2.37. The number of imidazole rings is 1. The number of hydrogen-bond acceptors (Lipinski definition) is 4. The summed E-state index contributed by atoms with van der Waals surface area (Å²) in [5, 5.41) is 3.40. The molecule has 0 saturated carbocycles. The van der Waals surface area contributed by atoms with Gasteiger partial charge in [-0.15, -0.1) is 0 Å². The van der Waals surface area contributed by atoms with Crippen LogP contribution in [-0.4, -0.2) is 33.4 Å². The van der Waals surface area contributed by atoms with Gasteiger partial charge in [0, 0.05) is 25.4 Å². The van der Waals surface area contributed by atoms with Crippen molar-refractivity contribution in [2.24, 2.45) is 12.5 Å². The van der Waals surface area contributed by atoms with Crippen LogP contribution in [0.15, 0.2) is 36.9 Å². The molecule has 0 bridgehead atoms. The summed E-state index contributed by atoms with van der Waals surface area (Å²) < 4.78 is 1.80. The Labute approximate surface area is 130 Å². The number of aromatic nitrogens is 3. The maximum absolute atomic E-state index is 12.7. The van der Waals surface area contributed by atoms with Crippen LogP contribution in [0.25, 0.3) is 0 Å². The molecular formula is C17H22N4O. The smallest absolute Gasteiger partial charge is 0.181 e. The van der Waals surface area contributed by atoms with Gasteiger partial charge in [0.15, 0.2) is 5.78 Å². The number of nitrogens with one attached hydrogen (secondary N) is 1. The number of piperidine rings is 1. The van der Waals surface area contributed by atoms with E-state index in [1.807, 2.05) is 25.4 Å². The first-order chi connectivity index (χ1) is 10.7. The SMILES string of the molecule is Cn1cncc1C(=O)CC1(Cc2ccccn2)CCNCC1. The van der Waals surface area contributed by atoms with E-state index < -0.39 is 0 Å². The quantitative estimate of drug-likeness (QED) is 0.858. The molecule has 0 amide bonds. The molecule has 1 aliphatic heterocycles. The zero-order valence-electron chi connectivity index (χ0n) is 13.0. The molecule has 0 radical (unpaired) electrons. The lowest BCUT2D eigenvalue weighted by atomic mass is 9.71. The van der Waals surface area contributed by atoms with E-state index in [1.165, 1.54) is 0 Å². The average molecular weight is 298 g/mol. The molecule has 1 saturated heterocycles. The molecule has 0 atom stereocenters. The number of Topliss-reactive ketones (excluding diaryl/α,β-unsaturated/α-hetero) is 1. The maximum atomic E-state index is 12.7. The van der Waals surface area contributed by atoms with Crippen LogP contribution in [-0.2, 0) is 13.5 Å². The Balaban J connectivity index is 1.80. The number of nitrogens with zero attached hydrogens (tertiary/aromatic N) is 3. The van der Waals surface area contributed by atoms with E-state index in [0.717, 1.165) is 38.0 Å². The lowest BCUT2D eigenvalue weighted by Crippen LogP contribution is -2.40. The topological polar surface area (TPSA) is 59.8 Å². The molecule has 0 unspecified atom stereocenters. The molecular weight excluding hydrogens is 276 g/mol. The summed E-state index contributed by atoms with van der Waals surface area (Å²) in [5.74, 6) is 0.179. The molecule has 116 valence electrons. The third kappa shape index (κ3) is 3.25. The van der Waals surface area contributed by atoms with E-state index >= 15 is 0 Å². The van der Waals surface area contributed by atoms with E-state index in [0.29, 0.717) is 12.1 Å². The first-order valence-corrected chi connectivity index (χ1v) is 7.79. The molecule has 5 heteroatoms. The molecule has 0 aromatic carbocycles. The van der Waals surface area contributed by atoms with Crippen LogP contribution in [0.1, 0.15) is 35.4 Å². The number of ketones is 1. The van der Waals surface area contributed by atoms with E-state index in [-0.39, 0.29) is 11.2 Å². The normalized spacial score (nSPS) is 17.3. The van der Waals surface area contributed by atoms with E-state index in [1.54, 1.807) is 17.1 Å². The van der Waals surface area contributed by atoms with Gasteiger partial charge in [0.05, 0.1) is 12.5 Å². The highest BCUT2D eigenvalue weighted by Gasteiger charge is 2.35. The summed E-state index contributed by atoms with van der Waals surface area (Å²) in [5.41, 5.74) is 1.77. The van der Waals surface area contributed by atoms with E-state index in [2.05, 4.69) is 21.4 Å². The molecule has 1 aliphatic rings. The lowest BCUT2D eigenvalue weighted by Gasteiger charge is -2.37. The van der Waals surface area contributed by atoms with Crippen molar-refractivity contribution in [3.8, 4) is 0 Å². The number of carbonyl (C=O) groups is 1. The van der Waals surface area contributed by atoms with Crippen LogP contribution in [0.5, 0.6) is 0 Å². The summed E-state index contributed by atoms with van der Waals surface area (Å²) in [4.78, 5) is 21.2. The molecule has 1 N–H and O–H groups in total. The minimum atomic E-state index is 0.000949. The van der Waals surface area contributed by atoms with Gasteiger partial charge in [-0.3, -0.25) is 9.78 Å². The van der Waals surface area contributed by atoms with Crippen LogP contribution in [0, 0.1) is 5.41 Å². The monoisotopic (exact) mass is 298 g/mol. The van der Waals surface area contributed by atoms with Gasteiger partial charge < -0.3 is 9.88 Å². The second-order valence-electron chi connectivity index (χ2n) is 6.24. The molecule has 2 aromatic rings. The fourth-order valence-corrected chi connectivity index (χ4v) is 3.32. The van der Waals surface area contributed by atoms with Crippen molar-refractivity contribution < 1.29 is 4.79 Å². The van der Waals surface area contributed by atoms with Gasteiger partial charge in [-0.1, -0.05) is 6.07 Å². The van der Waals surface area contributed by atoms with E-state index in [4.69, 9.17) is 0 Å². The molecule has 22 heavy (non-hydrogen) atoms. The lowest BCUT2D eigenvalue weighted by molar-refractivity contribution is 0.0857. The first kappa shape index (κ1) is 14.9. The number of rotatable bonds is 5. The molecule has 1 fully saturated rings. The fourth-order valence-electron chi connectivity index (χ4n) is 3.32. The Morgan fingerprint density at radius 3 is 2.82 bits per heavy atom. The highest BCUT2D eigenvalue weighted by molar-refractivity contribution is 5.94. The predicted octanol–water partition coefficient (Wildman–Crippen LogP) is 2.00. The largest absolute Gasteiger partial charge is 0.331 e. The molecule has 2 aromatic heterocycles. The second-order valence-corrected chi connectivity index (χ2v) is 6.24. The van der Waals surface area contributed by atoms with Crippen molar-refractivity contribution in [3.05, 3.63) is 48.3 Å². The van der Waals surface area contributed by atoms with Crippen LogP contribution in [0.4, 0.5) is 0 Å². The zero-order chi connectivity index (χ0) is 15.4. The predicted molar refractivity (Wildman–Crippen MR) is 84.6 cm³/mol. The van der Waals surface area contributed by atoms with Crippen molar-refractivity contribution in [2.75, 3.05) is 13.1 Å². The summed E-state index contributed by atoms with van der Waals surface area (Å²) in [6.07, 6.45) is 8.61. The van der Waals surface area contributed by atoms with Gasteiger partial charge in [-0.25, -0.2) is 4.98 Å². The van der Waals surface area contributed by atoms with Gasteiger partial charge >= 0.3 is 0 Å². The Morgan fingerprint density at radius 1 is 1.36 bits per heavy atom. The Morgan fingerprint density at radius 2 is 2.18 bits per heavy atom. The van der Waals surface area contributed by atoms with Crippen molar-refractivity contribution in [2.45, 2.75) is 25.7 Å². The van der Waals surface area contributed by atoms with Crippen molar-refractivity contribution in [3.63, 3.8) is 0 Å². The molecule has 3 rings (SSSR count). The van der Waals surface area contributed by atoms with Gasteiger partial charge in [-0.2, -0.15) is 0 Å². The Bertz CT molecular complexity index is 629. The number of pyridine rings is 1. The molecule has 3 heterocycles. The van der Waals surface area contributed by atoms with Crippen LogP contribution < -0.4 is 5.32 Å². The van der Waals surface area contributed by atoms with E-state index in [9.17, 15) is 4.79 Å². The van der Waals surface area contributed by atoms with Crippen LogP contribution in [0.3, 0.4) is 0 Å². The molecule has 5 nitrogen and oxygen atoms in total. The fraction of sp³-hybridized carbons (Fsp3) is 0.471. The standard InChI is InChI=1S/C17H22N4O/c1-21-13-19-12-15(21)16(22)11-17(5-8-18-9-6-17)10-14-4-2-3-7-20-14/h2-4,7,12-13,18H,5-6,8-11H2,1H3. The van der Waals surface area contributed by atoms with Gasteiger partial charge in [-0.05, 0) is 49.9 Å². The number of hydrogen-bond donors (Lipinski definition) is 1. The highest BCUT2D eigenvalue weighted by atomic mass is 16.1. The van der Waals surface area contributed by atoms with Crippen molar-refractivity contribution >= 4 is 5.78 Å². The Hall–Kier alpha value is -2.01. The maximum Gasteiger partial charge on any atom is 0.181 e. The van der Waals surface area contributed by atoms with Gasteiger partial charge in [0.2, 0.25) is 0 Å². The van der Waals surface area contributed by atoms with Gasteiger partial charge in [0.1, 0.15) is 5.69 Å². The summed E-state index contributed by atoms with van der Waals surface area (Å²) >= 11 is 0. The van der Waals surface area contributed by atoms with Crippen LogP contribution in [0.2, 0.25) is 0 Å². The molecule has 0 spiro atoms. The zero-order valence-corrected chi connectivity index (χ0v) is 13.0. The third-order valence-electron chi connectivity index (χ3n) is 4.58. The first-order valence-electron chi connectivity index (χ1n) is 7.79. The summed E-state index contributed by atoms with van der Waals surface area (Å²) in [6, 6.07) is 6.00. The minimum Gasteiger partial charge on any atom is -0.331 e. The van der Waals surface area contributed by atoms with Crippen molar-refractivity contribution in [1.82, 2.24) is 19.9 Å². The summed E-state index contributed by atoms with van der Waals surface area (Å²) in [7, 11) is 1.87. The van der Waals surface area contributed by atoms with Crippen molar-refractivity contribution in [1.29, 1.82) is 0 Å². The van der Waals surface area contributed by atoms with Crippen LogP contribution >= 0.6 is 0 Å². The third-order valence-corrected chi connectivity index (χ3v) is 4.58.